The van der Waals surface area contributed by atoms with E-state index < -0.39 is 11.6 Å². The molecule has 3 aromatic rings. The van der Waals surface area contributed by atoms with Gasteiger partial charge in [-0.3, -0.25) is 5.10 Å². The van der Waals surface area contributed by atoms with Crippen LogP contribution >= 0.6 is 0 Å². The van der Waals surface area contributed by atoms with Gasteiger partial charge in [0, 0.05) is 6.07 Å². The van der Waals surface area contributed by atoms with Gasteiger partial charge in [-0.25, -0.2) is 18.7 Å². The second-order valence-electron chi connectivity index (χ2n) is 3.60. The lowest BCUT2D eigenvalue weighted by Crippen LogP contribution is -1.97. The molecule has 5 nitrogen and oxygen atoms in total. The summed E-state index contributed by atoms with van der Waals surface area (Å²) in [5, 5.41) is 9.90. The Balaban J connectivity index is 2.03. The second kappa shape index (κ2) is 4.02. The van der Waals surface area contributed by atoms with Crippen molar-refractivity contribution in [1.82, 2.24) is 20.2 Å². The Morgan fingerprint density at radius 3 is 2.89 bits per heavy atom. The van der Waals surface area contributed by atoms with E-state index in [4.69, 9.17) is 0 Å². The van der Waals surface area contributed by atoms with Gasteiger partial charge in [0.05, 0.1) is 17.3 Å². The zero-order valence-electron chi connectivity index (χ0n) is 8.98. The molecule has 0 aliphatic rings. The molecule has 3 rings (SSSR count). The number of aromatic amines is 1. The van der Waals surface area contributed by atoms with Crippen LogP contribution in [0.5, 0.6) is 0 Å². The number of rotatable bonds is 2. The van der Waals surface area contributed by atoms with Crippen molar-refractivity contribution in [3.8, 4) is 0 Å². The van der Waals surface area contributed by atoms with Crippen molar-refractivity contribution >= 4 is 22.5 Å². The number of aromatic nitrogens is 4. The van der Waals surface area contributed by atoms with Crippen molar-refractivity contribution in [2.45, 2.75) is 0 Å². The Bertz CT molecular complexity index is 709. The molecule has 0 aliphatic heterocycles. The lowest BCUT2D eigenvalue weighted by atomic mass is 10.3. The molecular weight excluding hydrogens is 240 g/mol. The van der Waals surface area contributed by atoms with E-state index in [0.29, 0.717) is 16.9 Å². The maximum Gasteiger partial charge on any atom is 0.160 e. The normalized spacial score (nSPS) is 10.8. The molecule has 0 spiro atoms. The van der Waals surface area contributed by atoms with E-state index in [-0.39, 0.29) is 5.69 Å². The number of anilines is 2. The third kappa shape index (κ3) is 1.75. The van der Waals surface area contributed by atoms with Crippen LogP contribution in [0.4, 0.5) is 20.3 Å². The monoisotopic (exact) mass is 247 g/mol. The minimum atomic E-state index is -0.690. The van der Waals surface area contributed by atoms with Gasteiger partial charge in [-0.1, -0.05) is 0 Å². The first-order chi connectivity index (χ1) is 8.74. The van der Waals surface area contributed by atoms with E-state index >= 15 is 0 Å². The molecule has 2 aromatic heterocycles. The van der Waals surface area contributed by atoms with Crippen molar-refractivity contribution < 1.29 is 8.78 Å². The van der Waals surface area contributed by atoms with Crippen molar-refractivity contribution in [1.29, 1.82) is 0 Å². The Hall–Kier alpha value is -2.57. The Morgan fingerprint density at radius 1 is 1.17 bits per heavy atom. The van der Waals surface area contributed by atoms with Gasteiger partial charge in [-0.2, -0.15) is 5.10 Å². The fraction of sp³-hybridized carbons (Fsp3) is 0. The first-order valence-corrected chi connectivity index (χ1v) is 5.10. The van der Waals surface area contributed by atoms with E-state index in [9.17, 15) is 8.78 Å². The number of nitrogens with zero attached hydrogens (tertiary/aromatic N) is 3. The van der Waals surface area contributed by atoms with Crippen molar-refractivity contribution in [2.75, 3.05) is 5.32 Å². The van der Waals surface area contributed by atoms with Crippen LogP contribution in [0.1, 0.15) is 0 Å². The highest BCUT2D eigenvalue weighted by molar-refractivity contribution is 5.87. The van der Waals surface area contributed by atoms with E-state index in [0.717, 1.165) is 6.07 Å². The van der Waals surface area contributed by atoms with Crippen LogP contribution in [0.3, 0.4) is 0 Å². The summed E-state index contributed by atoms with van der Waals surface area (Å²) in [5.74, 6) is -0.918. The van der Waals surface area contributed by atoms with Gasteiger partial charge < -0.3 is 5.32 Å². The Morgan fingerprint density at radius 2 is 2.06 bits per heavy atom. The molecule has 0 aliphatic carbocycles. The number of hydrogen-bond donors (Lipinski definition) is 2. The van der Waals surface area contributed by atoms with Crippen LogP contribution < -0.4 is 5.32 Å². The second-order valence-corrected chi connectivity index (χ2v) is 3.60. The summed E-state index contributed by atoms with van der Waals surface area (Å²) >= 11 is 0. The minimum Gasteiger partial charge on any atom is -0.337 e. The number of halogens is 2. The average molecular weight is 247 g/mol. The lowest BCUT2D eigenvalue weighted by Gasteiger charge is -2.06. The molecule has 2 N–H and O–H groups in total. The van der Waals surface area contributed by atoms with Crippen LogP contribution in [0.25, 0.3) is 11.0 Å². The lowest BCUT2D eigenvalue weighted by molar-refractivity contribution is 0.586. The summed E-state index contributed by atoms with van der Waals surface area (Å²) in [6.07, 6.45) is 2.85. The Kier molecular flexibility index (Phi) is 2.36. The maximum atomic E-state index is 13.5. The van der Waals surface area contributed by atoms with Gasteiger partial charge in [-0.05, 0) is 12.1 Å². The summed E-state index contributed by atoms with van der Waals surface area (Å²) < 4.78 is 26.3. The summed E-state index contributed by atoms with van der Waals surface area (Å²) in [5.41, 5.74) is 0.674. The molecule has 0 saturated carbocycles. The van der Waals surface area contributed by atoms with E-state index in [1.54, 1.807) is 0 Å². The number of nitrogens with one attached hydrogen (secondary N) is 2. The molecule has 7 heteroatoms. The summed E-state index contributed by atoms with van der Waals surface area (Å²) in [6, 6.07) is 3.27. The van der Waals surface area contributed by atoms with E-state index in [1.807, 2.05) is 0 Å². The van der Waals surface area contributed by atoms with Crippen molar-refractivity contribution in [3.05, 3.63) is 42.4 Å². The molecule has 0 fully saturated rings. The molecule has 0 bridgehead atoms. The predicted octanol–water partition coefficient (Wildman–Crippen LogP) is 2.37. The average Bonchev–Trinajstić information content (AvgIpc) is 2.82. The molecular formula is C11H7F2N5. The number of fused-ring (bicyclic) bond motifs is 1. The van der Waals surface area contributed by atoms with Gasteiger partial charge in [0.25, 0.3) is 0 Å². The number of benzene rings is 1. The maximum absolute atomic E-state index is 13.5. The fourth-order valence-electron chi connectivity index (χ4n) is 1.58. The highest BCUT2D eigenvalue weighted by Gasteiger charge is 2.08. The van der Waals surface area contributed by atoms with Gasteiger partial charge >= 0.3 is 0 Å². The Labute approximate surface area is 99.9 Å². The van der Waals surface area contributed by atoms with Crippen molar-refractivity contribution in [3.63, 3.8) is 0 Å². The predicted molar refractivity (Wildman–Crippen MR) is 61.3 cm³/mol. The third-order valence-electron chi connectivity index (χ3n) is 2.43. The van der Waals surface area contributed by atoms with Crippen LogP contribution in [0.2, 0.25) is 0 Å². The smallest absolute Gasteiger partial charge is 0.160 e. The quantitative estimate of drug-likeness (QED) is 0.729. The molecule has 0 amide bonds. The molecule has 0 unspecified atom stereocenters. The first-order valence-electron chi connectivity index (χ1n) is 5.10. The topological polar surface area (TPSA) is 66.5 Å². The zero-order chi connectivity index (χ0) is 12.5. The molecule has 2 heterocycles. The van der Waals surface area contributed by atoms with Gasteiger partial charge in [0.15, 0.2) is 5.65 Å². The van der Waals surface area contributed by atoms with Gasteiger partial charge in [-0.15, -0.1) is 0 Å². The zero-order valence-corrected chi connectivity index (χ0v) is 8.98. The number of H-pyrrole nitrogens is 1. The SMILES string of the molecule is Fc1ccc(Nc2ncnc3[nH]ncc23)c(F)c1. The summed E-state index contributed by atoms with van der Waals surface area (Å²) in [4.78, 5) is 7.95. The molecule has 0 saturated heterocycles. The van der Waals surface area contributed by atoms with Crippen LogP contribution in [0.15, 0.2) is 30.7 Å². The molecule has 0 radical (unpaired) electrons. The van der Waals surface area contributed by atoms with Gasteiger partial charge in [0.1, 0.15) is 23.8 Å². The van der Waals surface area contributed by atoms with E-state index in [2.05, 4.69) is 25.5 Å². The van der Waals surface area contributed by atoms with Crippen LogP contribution in [-0.2, 0) is 0 Å². The molecule has 90 valence electrons. The summed E-state index contributed by atoms with van der Waals surface area (Å²) in [6.45, 7) is 0. The third-order valence-corrected chi connectivity index (χ3v) is 2.43. The first kappa shape index (κ1) is 10.6. The fourth-order valence-corrected chi connectivity index (χ4v) is 1.58. The highest BCUT2D eigenvalue weighted by Crippen LogP contribution is 2.23. The standard InChI is InChI=1S/C11H7F2N5/c12-6-1-2-9(8(13)3-6)17-10-7-4-16-18-11(7)15-5-14-10/h1-5H,(H2,14,15,16,17,18). The van der Waals surface area contributed by atoms with Crippen molar-refractivity contribution in [2.24, 2.45) is 0 Å². The largest absolute Gasteiger partial charge is 0.337 e. The van der Waals surface area contributed by atoms with Gasteiger partial charge in [0.2, 0.25) is 0 Å². The minimum absolute atomic E-state index is 0.137. The van der Waals surface area contributed by atoms with E-state index in [1.165, 1.54) is 24.7 Å². The molecule has 0 atom stereocenters. The highest BCUT2D eigenvalue weighted by atomic mass is 19.1. The van der Waals surface area contributed by atoms with Crippen LogP contribution in [-0.4, -0.2) is 20.2 Å². The summed E-state index contributed by atoms with van der Waals surface area (Å²) in [7, 11) is 0. The molecule has 1 aromatic carbocycles. The number of hydrogen-bond acceptors (Lipinski definition) is 4. The van der Waals surface area contributed by atoms with Crippen LogP contribution in [0, 0.1) is 11.6 Å². The molecule has 18 heavy (non-hydrogen) atoms.